The minimum atomic E-state index is -3.34. The third-order valence-corrected chi connectivity index (χ3v) is 7.24. The van der Waals surface area contributed by atoms with E-state index in [2.05, 4.69) is 25.5 Å². The lowest BCUT2D eigenvalue weighted by Gasteiger charge is -2.31. The predicted octanol–water partition coefficient (Wildman–Crippen LogP) is 4.20. The van der Waals surface area contributed by atoms with Gasteiger partial charge in [0.1, 0.15) is 29.0 Å². The number of rotatable bonds is 6. The molecule has 9 nitrogen and oxygen atoms in total. The highest BCUT2D eigenvalue weighted by atomic mass is 32.2. The van der Waals surface area contributed by atoms with Gasteiger partial charge in [0.15, 0.2) is 17.2 Å². The molecule has 2 aromatic carbocycles. The van der Waals surface area contributed by atoms with Crippen LogP contribution in [0.5, 0.6) is 11.8 Å². The molecule has 5 rings (SSSR count). The van der Waals surface area contributed by atoms with Crippen LogP contribution < -0.4 is 10.1 Å². The highest BCUT2D eigenvalue weighted by Gasteiger charge is 2.27. The van der Waals surface area contributed by atoms with Gasteiger partial charge in [0.25, 0.3) is 0 Å². The van der Waals surface area contributed by atoms with E-state index in [1.807, 2.05) is 0 Å². The lowest BCUT2D eigenvalue weighted by atomic mass is 10.1. The van der Waals surface area contributed by atoms with E-state index < -0.39 is 33.3 Å². The van der Waals surface area contributed by atoms with Gasteiger partial charge in [-0.05, 0) is 43.2 Å². The Morgan fingerprint density at radius 1 is 1.00 bits per heavy atom. The summed E-state index contributed by atoms with van der Waals surface area (Å²) in [5, 5.41) is 10.2. The Morgan fingerprint density at radius 3 is 2.41 bits per heavy atom. The molecule has 0 radical (unpaired) electrons. The molecule has 2 aromatic heterocycles. The summed E-state index contributed by atoms with van der Waals surface area (Å²) in [5.41, 5.74) is -0.0205. The molecule has 14 heteroatoms. The molecule has 0 unspecified atom stereocenters. The molecular formula is C23H20F4N6O3S. The van der Waals surface area contributed by atoms with Gasteiger partial charge in [-0.3, -0.25) is 5.10 Å². The standard InChI is InChI=1S/C23H20F4N6O3S/c1-37(34,35)33-8-6-14(7-9-33)28-21-19-20(15-10-12(24)2-4-16(15)26)31-32-22(19)30-23(29-21)36-18-5-3-13(25)11-17(18)27/h2-5,10-11,14H,6-9H2,1H3,(H2,28,29,30,31,32). The van der Waals surface area contributed by atoms with Crippen LogP contribution in [0.4, 0.5) is 23.4 Å². The number of nitrogens with zero attached hydrogens (tertiary/aromatic N) is 4. The van der Waals surface area contributed by atoms with Crippen molar-refractivity contribution in [1.82, 2.24) is 24.5 Å². The van der Waals surface area contributed by atoms with E-state index in [4.69, 9.17) is 4.74 Å². The lowest BCUT2D eigenvalue weighted by molar-refractivity contribution is 0.331. The number of ether oxygens (including phenoxy) is 1. The molecule has 0 bridgehead atoms. The molecule has 0 saturated carbocycles. The molecule has 1 aliphatic heterocycles. The first-order chi connectivity index (χ1) is 17.6. The summed E-state index contributed by atoms with van der Waals surface area (Å²) in [6.45, 7) is 0.539. The SMILES string of the molecule is CS(=O)(=O)N1CCC(Nc2nc(Oc3ccc(F)cc3F)nc3[nH]nc(-c4cc(F)ccc4F)c23)CC1. The van der Waals surface area contributed by atoms with Crippen molar-refractivity contribution >= 4 is 26.9 Å². The molecule has 0 amide bonds. The Morgan fingerprint density at radius 2 is 1.70 bits per heavy atom. The number of hydrogen-bond donors (Lipinski definition) is 2. The summed E-state index contributed by atoms with van der Waals surface area (Å²) in [6.07, 6.45) is 2.00. The average Bonchev–Trinajstić information content (AvgIpc) is 3.26. The Kier molecular flexibility index (Phi) is 6.45. The summed E-state index contributed by atoms with van der Waals surface area (Å²) < 4.78 is 86.5. The predicted molar refractivity (Wildman–Crippen MR) is 127 cm³/mol. The van der Waals surface area contributed by atoms with Crippen molar-refractivity contribution in [2.75, 3.05) is 24.7 Å². The largest absolute Gasteiger partial charge is 0.421 e. The number of sulfonamides is 1. The van der Waals surface area contributed by atoms with Gasteiger partial charge in [0.2, 0.25) is 10.0 Å². The van der Waals surface area contributed by atoms with Crippen molar-refractivity contribution in [2.45, 2.75) is 18.9 Å². The number of H-pyrrole nitrogens is 1. The first-order valence-corrected chi connectivity index (χ1v) is 13.0. The van der Waals surface area contributed by atoms with E-state index in [0.717, 1.165) is 36.6 Å². The third-order valence-electron chi connectivity index (χ3n) is 5.94. The second-order valence-electron chi connectivity index (χ2n) is 8.53. The molecule has 0 spiro atoms. The van der Waals surface area contributed by atoms with Crippen molar-refractivity contribution < 1.29 is 30.7 Å². The third kappa shape index (κ3) is 5.20. The minimum absolute atomic E-state index is 0.0302. The maximum absolute atomic E-state index is 14.6. The first-order valence-electron chi connectivity index (χ1n) is 11.1. The Bertz CT molecular complexity index is 1590. The van der Waals surface area contributed by atoms with Gasteiger partial charge >= 0.3 is 6.01 Å². The number of fused-ring (bicyclic) bond motifs is 1. The highest BCUT2D eigenvalue weighted by molar-refractivity contribution is 7.88. The van der Waals surface area contributed by atoms with Crippen LogP contribution >= 0.6 is 0 Å². The van der Waals surface area contributed by atoms with Crippen molar-refractivity contribution in [3.63, 3.8) is 0 Å². The quantitative estimate of drug-likeness (QED) is 0.355. The van der Waals surface area contributed by atoms with Crippen molar-refractivity contribution in [3.05, 3.63) is 59.7 Å². The zero-order chi connectivity index (χ0) is 26.3. The molecule has 37 heavy (non-hydrogen) atoms. The molecule has 3 heterocycles. The van der Waals surface area contributed by atoms with Crippen molar-refractivity contribution in [1.29, 1.82) is 0 Å². The maximum atomic E-state index is 14.6. The molecule has 4 aromatic rings. The van der Waals surface area contributed by atoms with E-state index in [1.165, 1.54) is 4.31 Å². The second-order valence-corrected chi connectivity index (χ2v) is 10.5. The Labute approximate surface area is 208 Å². The normalized spacial score (nSPS) is 15.3. The van der Waals surface area contributed by atoms with Gasteiger partial charge < -0.3 is 10.1 Å². The summed E-state index contributed by atoms with van der Waals surface area (Å²) >= 11 is 0. The van der Waals surface area contributed by atoms with E-state index >= 15 is 0 Å². The summed E-state index contributed by atoms with van der Waals surface area (Å²) in [7, 11) is -3.34. The molecule has 2 N–H and O–H groups in total. The van der Waals surface area contributed by atoms with Gasteiger partial charge in [-0.1, -0.05) is 0 Å². The zero-order valence-electron chi connectivity index (χ0n) is 19.3. The molecule has 1 fully saturated rings. The van der Waals surface area contributed by atoms with Crippen molar-refractivity contribution in [2.24, 2.45) is 0 Å². The second kappa shape index (κ2) is 9.59. The first kappa shape index (κ1) is 24.9. The Balaban J connectivity index is 1.55. The number of aromatic nitrogens is 4. The Hall–Kier alpha value is -3.78. The molecule has 0 aliphatic carbocycles. The van der Waals surface area contributed by atoms with Crippen LogP contribution in [0.15, 0.2) is 36.4 Å². The van der Waals surface area contributed by atoms with Crippen LogP contribution in [0.1, 0.15) is 12.8 Å². The smallest absolute Gasteiger partial charge is 0.326 e. The number of piperidine rings is 1. The lowest BCUT2D eigenvalue weighted by Crippen LogP contribution is -2.41. The monoisotopic (exact) mass is 536 g/mol. The van der Waals surface area contributed by atoms with Gasteiger partial charge in [-0.15, -0.1) is 0 Å². The summed E-state index contributed by atoms with van der Waals surface area (Å²) in [4.78, 5) is 8.49. The number of halogens is 4. The van der Waals surface area contributed by atoms with Crippen LogP contribution in [0.25, 0.3) is 22.3 Å². The number of nitrogens with one attached hydrogen (secondary N) is 2. The number of hydrogen-bond acceptors (Lipinski definition) is 7. The zero-order valence-corrected chi connectivity index (χ0v) is 20.1. The van der Waals surface area contributed by atoms with Gasteiger partial charge in [0, 0.05) is 30.8 Å². The van der Waals surface area contributed by atoms with E-state index in [1.54, 1.807) is 0 Å². The van der Waals surface area contributed by atoms with Crippen LogP contribution in [-0.4, -0.2) is 58.3 Å². The topological polar surface area (TPSA) is 113 Å². The fourth-order valence-electron chi connectivity index (χ4n) is 4.12. The van der Waals surface area contributed by atoms with Crippen molar-refractivity contribution in [3.8, 4) is 23.0 Å². The van der Waals surface area contributed by atoms with Gasteiger partial charge in [-0.25, -0.2) is 30.3 Å². The average molecular weight is 537 g/mol. The van der Waals surface area contributed by atoms with E-state index in [9.17, 15) is 26.0 Å². The van der Waals surface area contributed by atoms with Crippen LogP contribution in [0.2, 0.25) is 0 Å². The number of aromatic amines is 1. The molecular weight excluding hydrogens is 516 g/mol. The van der Waals surface area contributed by atoms with Gasteiger partial charge in [-0.2, -0.15) is 15.1 Å². The fourth-order valence-corrected chi connectivity index (χ4v) is 4.99. The number of anilines is 1. The summed E-state index contributed by atoms with van der Waals surface area (Å²) in [6, 6.07) is 5.09. The molecule has 0 atom stereocenters. The van der Waals surface area contributed by atoms with Gasteiger partial charge in [0.05, 0.1) is 11.6 Å². The maximum Gasteiger partial charge on any atom is 0.326 e. The highest BCUT2D eigenvalue weighted by Crippen LogP contribution is 2.35. The molecule has 1 aliphatic rings. The summed E-state index contributed by atoms with van der Waals surface area (Å²) in [5.74, 6) is -3.37. The molecule has 1 saturated heterocycles. The van der Waals surface area contributed by atoms with E-state index in [0.29, 0.717) is 18.9 Å². The number of benzene rings is 2. The van der Waals surface area contributed by atoms with E-state index in [-0.39, 0.29) is 59.0 Å². The minimum Gasteiger partial charge on any atom is -0.421 e. The van der Waals surface area contributed by atoms with Crippen LogP contribution in [-0.2, 0) is 10.0 Å². The molecule has 194 valence electrons. The van der Waals surface area contributed by atoms with Crippen LogP contribution in [0.3, 0.4) is 0 Å². The van der Waals surface area contributed by atoms with Crippen LogP contribution in [0, 0.1) is 23.3 Å². The fraction of sp³-hybridized carbons (Fsp3) is 0.261.